The zero-order valence-corrected chi connectivity index (χ0v) is 20.4. The van der Waals surface area contributed by atoms with Gasteiger partial charge in [0.1, 0.15) is 5.82 Å². The van der Waals surface area contributed by atoms with Crippen LogP contribution in [0.25, 0.3) is 22.9 Å². The third-order valence-electron chi connectivity index (χ3n) is 5.72. The molecule has 4 aromatic rings. The van der Waals surface area contributed by atoms with Crippen LogP contribution in [0.15, 0.2) is 64.0 Å². The van der Waals surface area contributed by atoms with Crippen molar-refractivity contribution < 1.29 is 22.0 Å². The number of aromatic nitrogens is 3. The van der Waals surface area contributed by atoms with Gasteiger partial charge in [-0.3, -0.25) is 9.78 Å². The van der Waals surface area contributed by atoms with Crippen LogP contribution in [0, 0.1) is 12.7 Å². The molecule has 0 saturated carbocycles. The third-order valence-corrected chi connectivity index (χ3v) is 7.77. The number of aryl methyl sites for hydroxylation is 1. The number of pyridine rings is 1. The van der Waals surface area contributed by atoms with E-state index in [-0.39, 0.29) is 34.5 Å². The summed E-state index contributed by atoms with van der Waals surface area (Å²) in [7, 11) is -4.08. The minimum absolute atomic E-state index is 0.0125. The molecule has 0 aliphatic carbocycles. The lowest BCUT2D eigenvalue weighted by atomic mass is 10.1. The molecule has 0 fully saturated rings. The fourth-order valence-corrected chi connectivity index (χ4v) is 5.55. The summed E-state index contributed by atoms with van der Waals surface area (Å²) in [6.45, 7) is 1.81. The molecular formula is C24H19ClFN5O4S. The minimum Gasteiger partial charge on any atom is -0.416 e. The summed E-state index contributed by atoms with van der Waals surface area (Å²) in [6.07, 6.45) is 1.54. The fraction of sp³-hybridized carbons (Fsp3) is 0.167. The molecule has 0 radical (unpaired) electrons. The van der Waals surface area contributed by atoms with E-state index in [0.29, 0.717) is 16.1 Å². The van der Waals surface area contributed by atoms with Crippen LogP contribution in [0.5, 0.6) is 0 Å². The number of benzene rings is 2. The minimum atomic E-state index is -4.08. The van der Waals surface area contributed by atoms with Gasteiger partial charge in [0.25, 0.3) is 5.89 Å². The smallest absolute Gasteiger partial charge is 0.251 e. The first-order chi connectivity index (χ1) is 17.1. The maximum Gasteiger partial charge on any atom is 0.251 e. The van der Waals surface area contributed by atoms with Crippen LogP contribution in [0.3, 0.4) is 0 Å². The predicted molar refractivity (Wildman–Crippen MR) is 130 cm³/mol. The Morgan fingerprint density at radius 2 is 1.86 bits per heavy atom. The quantitative estimate of drug-likeness (QED) is 0.426. The molecule has 0 unspecified atom stereocenters. The first-order valence-electron chi connectivity index (χ1n) is 10.8. The second-order valence-corrected chi connectivity index (χ2v) is 10.8. The van der Waals surface area contributed by atoms with Crippen molar-refractivity contribution in [3.63, 3.8) is 0 Å². The fourth-order valence-electron chi connectivity index (χ4n) is 3.86. The molecule has 1 atom stereocenters. The second-order valence-electron chi connectivity index (χ2n) is 8.34. The lowest BCUT2D eigenvalue weighted by molar-refractivity contribution is -0.119. The zero-order valence-electron chi connectivity index (χ0n) is 18.9. The Morgan fingerprint density at radius 3 is 2.56 bits per heavy atom. The number of fused-ring (bicyclic) bond motifs is 1. The number of rotatable bonds is 4. The van der Waals surface area contributed by atoms with Gasteiger partial charge >= 0.3 is 0 Å². The van der Waals surface area contributed by atoms with E-state index in [0.717, 1.165) is 11.8 Å². The molecule has 36 heavy (non-hydrogen) atoms. The molecule has 3 heterocycles. The van der Waals surface area contributed by atoms with Crippen LogP contribution in [0.1, 0.15) is 11.3 Å². The van der Waals surface area contributed by atoms with Crippen LogP contribution in [-0.4, -0.2) is 41.3 Å². The summed E-state index contributed by atoms with van der Waals surface area (Å²) in [5, 5.41) is 8.39. The molecule has 5 rings (SSSR count). The maximum absolute atomic E-state index is 15.2. The van der Waals surface area contributed by atoms with Gasteiger partial charge in [-0.25, -0.2) is 12.8 Å². The van der Waals surface area contributed by atoms with Crippen LogP contribution in [0.2, 0.25) is 5.02 Å². The van der Waals surface area contributed by atoms with E-state index in [1.807, 2.05) is 6.92 Å². The highest BCUT2D eigenvalue weighted by Gasteiger charge is 2.37. The largest absolute Gasteiger partial charge is 0.416 e. The van der Waals surface area contributed by atoms with E-state index in [9.17, 15) is 13.2 Å². The van der Waals surface area contributed by atoms with E-state index >= 15 is 4.39 Å². The van der Waals surface area contributed by atoms with Crippen LogP contribution < -0.4 is 10.6 Å². The Morgan fingerprint density at radius 1 is 1.14 bits per heavy atom. The van der Waals surface area contributed by atoms with E-state index < -0.39 is 33.4 Å². The number of hydrogen-bond donors (Lipinski definition) is 1. The SMILES string of the molecule is Cc1ccc(-c2nnc(-c3cc4c(cc3F)S(=O)(=O)C[C@H](N)C(=O)N4Cc3ccc(Cl)cc3)o2)cn1. The summed E-state index contributed by atoms with van der Waals surface area (Å²) >= 11 is 5.96. The third kappa shape index (κ3) is 4.48. The van der Waals surface area contributed by atoms with Crippen molar-refractivity contribution in [3.05, 3.63) is 76.8 Å². The molecule has 2 N–H and O–H groups in total. The Kier molecular flexibility index (Phi) is 6.07. The molecule has 0 spiro atoms. The number of carbonyl (C=O) groups is 1. The summed E-state index contributed by atoms with van der Waals surface area (Å²) < 4.78 is 46.9. The highest BCUT2D eigenvalue weighted by atomic mass is 35.5. The maximum atomic E-state index is 15.2. The van der Waals surface area contributed by atoms with Crippen molar-refractivity contribution in [2.75, 3.05) is 10.7 Å². The normalized spacial score (nSPS) is 17.1. The van der Waals surface area contributed by atoms with Crippen molar-refractivity contribution in [2.24, 2.45) is 5.73 Å². The number of carbonyl (C=O) groups excluding carboxylic acids is 1. The molecule has 184 valence electrons. The molecule has 1 aliphatic rings. The van der Waals surface area contributed by atoms with E-state index in [1.165, 1.54) is 11.0 Å². The summed E-state index contributed by atoms with van der Waals surface area (Å²) in [6, 6.07) is 10.9. The molecule has 12 heteroatoms. The van der Waals surface area contributed by atoms with Crippen molar-refractivity contribution in [1.82, 2.24) is 15.2 Å². The molecular weight excluding hydrogens is 509 g/mol. The number of halogens is 2. The standard InChI is InChI=1S/C24H19ClFN5O4S/c1-13-2-5-15(10-28-13)22-29-30-23(35-22)17-8-20-21(9-18(17)26)36(33,34)12-19(27)24(32)31(20)11-14-3-6-16(25)7-4-14/h2-10,19H,11-12,27H2,1H3/t19-/m0/s1. The summed E-state index contributed by atoms with van der Waals surface area (Å²) in [5.74, 6) is -2.25. The first kappa shape index (κ1) is 24.0. The van der Waals surface area contributed by atoms with Crippen molar-refractivity contribution in [1.29, 1.82) is 0 Å². The van der Waals surface area contributed by atoms with Crippen molar-refractivity contribution in [2.45, 2.75) is 24.4 Å². The average molecular weight is 528 g/mol. The predicted octanol–water partition coefficient (Wildman–Crippen LogP) is 3.55. The van der Waals surface area contributed by atoms with Gasteiger partial charge in [0.2, 0.25) is 11.8 Å². The second kappa shape index (κ2) is 9.08. The van der Waals surface area contributed by atoms with Gasteiger partial charge in [0, 0.05) is 16.9 Å². The number of nitrogens with two attached hydrogens (primary N) is 1. The molecule has 2 aromatic carbocycles. The number of hydrogen-bond acceptors (Lipinski definition) is 8. The lowest BCUT2D eigenvalue weighted by Gasteiger charge is -2.24. The number of sulfone groups is 1. The van der Waals surface area contributed by atoms with Gasteiger partial charge in [-0.05, 0) is 48.9 Å². The van der Waals surface area contributed by atoms with Gasteiger partial charge in [-0.2, -0.15) is 0 Å². The molecule has 1 amide bonds. The molecule has 1 aliphatic heterocycles. The topological polar surface area (TPSA) is 132 Å². The molecule has 0 saturated heterocycles. The number of nitrogens with zero attached hydrogens (tertiary/aromatic N) is 4. The first-order valence-corrected chi connectivity index (χ1v) is 12.8. The Labute approximate surface area is 210 Å². The van der Waals surface area contributed by atoms with Crippen molar-refractivity contribution >= 4 is 33.0 Å². The van der Waals surface area contributed by atoms with Crippen LogP contribution in [0.4, 0.5) is 10.1 Å². The van der Waals surface area contributed by atoms with E-state index in [4.69, 9.17) is 21.8 Å². The Bertz CT molecular complexity index is 1570. The Hall–Kier alpha value is -3.67. The van der Waals surface area contributed by atoms with Gasteiger partial charge in [0.05, 0.1) is 40.0 Å². The van der Waals surface area contributed by atoms with Gasteiger partial charge in [-0.1, -0.05) is 23.7 Å². The number of amides is 1. The highest BCUT2D eigenvalue weighted by Crippen LogP contribution is 2.37. The summed E-state index contributed by atoms with van der Waals surface area (Å²) in [5.41, 5.74) is 7.73. The Balaban J connectivity index is 1.63. The zero-order chi connectivity index (χ0) is 25.6. The molecule has 0 bridgehead atoms. The van der Waals surface area contributed by atoms with Crippen LogP contribution in [-0.2, 0) is 21.2 Å². The number of anilines is 1. The summed E-state index contributed by atoms with van der Waals surface area (Å²) in [4.78, 5) is 18.2. The van der Waals surface area contributed by atoms with E-state index in [1.54, 1.807) is 42.6 Å². The van der Waals surface area contributed by atoms with Gasteiger partial charge in [0.15, 0.2) is 9.84 Å². The van der Waals surface area contributed by atoms with Gasteiger partial charge in [-0.15, -0.1) is 10.2 Å². The highest BCUT2D eigenvalue weighted by molar-refractivity contribution is 7.91. The molecule has 2 aromatic heterocycles. The van der Waals surface area contributed by atoms with Gasteiger partial charge < -0.3 is 15.1 Å². The van der Waals surface area contributed by atoms with E-state index in [2.05, 4.69) is 15.2 Å². The lowest BCUT2D eigenvalue weighted by Crippen LogP contribution is -2.45. The average Bonchev–Trinajstić information content (AvgIpc) is 3.31. The monoisotopic (exact) mass is 527 g/mol. The molecule has 9 nitrogen and oxygen atoms in total. The van der Waals surface area contributed by atoms with Crippen LogP contribution >= 0.6 is 11.6 Å². The van der Waals surface area contributed by atoms with Crippen molar-refractivity contribution in [3.8, 4) is 22.9 Å².